The number of hydrogen-bond acceptors (Lipinski definition) is 3. The molecular weight excluding hydrogens is 216 g/mol. The maximum Gasteiger partial charge on any atom is 0.223 e. The van der Waals surface area contributed by atoms with Gasteiger partial charge in [-0.05, 0) is 31.6 Å². The Hall–Kier alpha value is -0.610. The van der Waals surface area contributed by atoms with Crippen LogP contribution < -0.4 is 10.6 Å². The molecule has 0 aromatic rings. The number of carbonyl (C=O) groups excluding carboxylic acids is 1. The van der Waals surface area contributed by atoms with E-state index >= 15 is 0 Å². The van der Waals surface area contributed by atoms with E-state index < -0.39 is 0 Å². The smallest absolute Gasteiger partial charge is 0.223 e. The summed E-state index contributed by atoms with van der Waals surface area (Å²) >= 11 is 0. The number of ether oxygens (including phenoxy) is 1. The van der Waals surface area contributed by atoms with Crippen LogP contribution in [-0.2, 0) is 9.53 Å². The van der Waals surface area contributed by atoms with Crippen LogP contribution in [0.5, 0.6) is 0 Å². The Morgan fingerprint density at radius 1 is 1.24 bits per heavy atom. The lowest BCUT2D eigenvalue weighted by Gasteiger charge is -2.27. The molecule has 1 saturated heterocycles. The minimum atomic E-state index is 0.126. The van der Waals surface area contributed by atoms with Crippen molar-refractivity contribution in [1.29, 1.82) is 0 Å². The first kappa shape index (κ1) is 12.8. The van der Waals surface area contributed by atoms with Crippen LogP contribution in [0.1, 0.15) is 32.6 Å². The lowest BCUT2D eigenvalue weighted by Crippen LogP contribution is -2.46. The van der Waals surface area contributed by atoms with Gasteiger partial charge in [-0.1, -0.05) is 6.92 Å². The van der Waals surface area contributed by atoms with Crippen molar-refractivity contribution in [3.05, 3.63) is 0 Å². The Labute approximate surface area is 103 Å². The van der Waals surface area contributed by atoms with Gasteiger partial charge >= 0.3 is 0 Å². The highest BCUT2D eigenvalue weighted by Crippen LogP contribution is 2.28. The maximum absolute atomic E-state index is 12.1. The van der Waals surface area contributed by atoms with Gasteiger partial charge in [0.15, 0.2) is 0 Å². The minimum Gasteiger partial charge on any atom is -0.378 e. The summed E-state index contributed by atoms with van der Waals surface area (Å²) in [6, 6.07) is 0.145. The highest BCUT2D eigenvalue weighted by molar-refractivity contribution is 5.79. The van der Waals surface area contributed by atoms with Gasteiger partial charge in [-0.25, -0.2) is 0 Å². The monoisotopic (exact) mass is 240 g/mol. The molecule has 17 heavy (non-hydrogen) atoms. The molecule has 0 aromatic heterocycles. The van der Waals surface area contributed by atoms with Crippen LogP contribution in [0, 0.1) is 11.8 Å². The first-order valence-corrected chi connectivity index (χ1v) is 6.74. The van der Waals surface area contributed by atoms with E-state index in [1.807, 2.05) is 0 Å². The summed E-state index contributed by atoms with van der Waals surface area (Å²) in [6.07, 6.45) is 4.60. The maximum atomic E-state index is 12.1. The molecule has 0 aromatic carbocycles. The van der Waals surface area contributed by atoms with E-state index in [0.29, 0.717) is 0 Å². The summed E-state index contributed by atoms with van der Waals surface area (Å²) in [5, 5.41) is 6.39. The lowest BCUT2D eigenvalue weighted by atomic mass is 9.82. The summed E-state index contributed by atoms with van der Waals surface area (Å²) in [7, 11) is 1.71. The third kappa shape index (κ3) is 3.19. The normalized spacial score (nSPS) is 38.0. The van der Waals surface area contributed by atoms with E-state index in [2.05, 4.69) is 17.6 Å². The van der Waals surface area contributed by atoms with Crippen LogP contribution in [0.2, 0.25) is 0 Å². The van der Waals surface area contributed by atoms with Crippen molar-refractivity contribution >= 4 is 5.91 Å². The molecule has 1 unspecified atom stereocenters. The summed E-state index contributed by atoms with van der Waals surface area (Å²) in [5.41, 5.74) is 0. The standard InChI is InChI=1S/C13H24N2O2/c1-9-3-5-10(6-4-9)13(16)15-11-7-14-8-12(11)17-2/h9-12,14H,3-8H2,1-2H3,(H,15,16)/t9?,10?,11?,12-/m0/s1. The minimum absolute atomic E-state index is 0.126. The number of nitrogens with one attached hydrogen (secondary N) is 2. The zero-order chi connectivity index (χ0) is 12.3. The second-order valence-corrected chi connectivity index (χ2v) is 5.50. The largest absolute Gasteiger partial charge is 0.378 e. The van der Waals surface area contributed by atoms with Gasteiger partial charge in [-0.2, -0.15) is 0 Å². The topological polar surface area (TPSA) is 50.4 Å². The van der Waals surface area contributed by atoms with E-state index in [0.717, 1.165) is 31.8 Å². The zero-order valence-corrected chi connectivity index (χ0v) is 10.9. The van der Waals surface area contributed by atoms with Gasteiger partial charge in [-0.3, -0.25) is 4.79 Å². The molecule has 2 atom stereocenters. The third-order valence-corrected chi connectivity index (χ3v) is 4.18. The molecule has 1 saturated carbocycles. The third-order valence-electron chi connectivity index (χ3n) is 4.18. The van der Waals surface area contributed by atoms with Crippen molar-refractivity contribution in [2.24, 2.45) is 11.8 Å². The van der Waals surface area contributed by atoms with E-state index in [9.17, 15) is 4.79 Å². The average molecular weight is 240 g/mol. The molecule has 1 amide bonds. The van der Waals surface area contributed by atoms with Gasteiger partial charge in [0.2, 0.25) is 5.91 Å². The molecule has 4 nitrogen and oxygen atoms in total. The Kier molecular flexibility index (Phi) is 4.40. The van der Waals surface area contributed by atoms with E-state index in [-0.39, 0.29) is 24.0 Å². The van der Waals surface area contributed by atoms with Crippen LogP contribution >= 0.6 is 0 Å². The van der Waals surface area contributed by atoms with Crippen molar-refractivity contribution in [1.82, 2.24) is 10.6 Å². The van der Waals surface area contributed by atoms with Gasteiger partial charge in [0.05, 0.1) is 12.1 Å². The summed E-state index contributed by atoms with van der Waals surface area (Å²) in [6.45, 7) is 3.94. The van der Waals surface area contributed by atoms with Crippen LogP contribution in [0.15, 0.2) is 0 Å². The van der Waals surface area contributed by atoms with Crippen molar-refractivity contribution in [2.75, 3.05) is 20.2 Å². The Morgan fingerprint density at radius 2 is 1.94 bits per heavy atom. The molecule has 2 rings (SSSR count). The van der Waals surface area contributed by atoms with Crippen molar-refractivity contribution < 1.29 is 9.53 Å². The summed E-state index contributed by atoms with van der Waals surface area (Å²) in [5.74, 6) is 1.25. The van der Waals surface area contributed by atoms with Gasteiger partial charge < -0.3 is 15.4 Å². The second-order valence-electron chi connectivity index (χ2n) is 5.50. The van der Waals surface area contributed by atoms with Gasteiger partial charge in [0, 0.05) is 26.1 Å². The Morgan fingerprint density at radius 3 is 2.59 bits per heavy atom. The number of amides is 1. The van der Waals surface area contributed by atoms with E-state index in [1.165, 1.54) is 12.8 Å². The lowest BCUT2D eigenvalue weighted by molar-refractivity contribution is -0.127. The highest BCUT2D eigenvalue weighted by atomic mass is 16.5. The first-order chi connectivity index (χ1) is 8.20. The van der Waals surface area contributed by atoms with Crippen LogP contribution in [0.4, 0.5) is 0 Å². The summed E-state index contributed by atoms with van der Waals surface area (Å²) in [4.78, 5) is 12.1. The van der Waals surface area contributed by atoms with Crippen LogP contribution in [0.25, 0.3) is 0 Å². The predicted octanol–water partition coefficient (Wildman–Crippen LogP) is 0.916. The molecule has 1 heterocycles. The van der Waals surface area contributed by atoms with Crippen LogP contribution in [0.3, 0.4) is 0 Å². The SMILES string of the molecule is CO[C@H]1CNCC1NC(=O)C1CCC(C)CC1. The fraction of sp³-hybridized carbons (Fsp3) is 0.923. The highest BCUT2D eigenvalue weighted by Gasteiger charge is 2.31. The van der Waals surface area contributed by atoms with E-state index in [4.69, 9.17) is 4.74 Å². The molecular formula is C13H24N2O2. The molecule has 2 N–H and O–H groups in total. The second kappa shape index (κ2) is 5.83. The number of methoxy groups -OCH3 is 1. The molecule has 2 aliphatic rings. The molecule has 1 aliphatic heterocycles. The van der Waals surface area contributed by atoms with E-state index in [1.54, 1.807) is 7.11 Å². The molecule has 2 fully saturated rings. The number of carbonyl (C=O) groups is 1. The predicted molar refractivity (Wildman–Crippen MR) is 66.7 cm³/mol. The average Bonchev–Trinajstić information content (AvgIpc) is 2.77. The van der Waals surface area contributed by atoms with Gasteiger partial charge in [0.25, 0.3) is 0 Å². The molecule has 1 aliphatic carbocycles. The Balaban J connectivity index is 1.80. The van der Waals surface area contributed by atoms with Crippen molar-refractivity contribution in [3.8, 4) is 0 Å². The van der Waals surface area contributed by atoms with Crippen LogP contribution in [-0.4, -0.2) is 38.3 Å². The molecule has 0 spiro atoms. The Bertz CT molecular complexity index is 262. The van der Waals surface area contributed by atoms with Crippen molar-refractivity contribution in [3.63, 3.8) is 0 Å². The molecule has 0 bridgehead atoms. The number of hydrogen-bond donors (Lipinski definition) is 2. The van der Waals surface area contributed by atoms with Gasteiger partial charge in [0.1, 0.15) is 0 Å². The number of rotatable bonds is 3. The van der Waals surface area contributed by atoms with Gasteiger partial charge in [-0.15, -0.1) is 0 Å². The quantitative estimate of drug-likeness (QED) is 0.771. The molecule has 0 radical (unpaired) electrons. The zero-order valence-electron chi connectivity index (χ0n) is 10.9. The fourth-order valence-electron chi connectivity index (χ4n) is 2.87. The first-order valence-electron chi connectivity index (χ1n) is 6.74. The summed E-state index contributed by atoms with van der Waals surface area (Å²) < 4.78 is 5.35. The molecule has 98 valence electrons. The molecule has 4 heteroatoms. The fourth-order valence-corrected chi connectivity index (χ4v) is 2.87. The van der Waals surface area contributed by atoms with Crippen molar-refractivity contribution in [2.45, 2.75) is 44.8 Å².